The predicted octanol–water partition coefficient (Wildman–Crippen LogP) is 4.99. The summed E-state index contributed by atoms with van der Waals surface area (Å²) in [6, 6.07) is 4.71. The van der Waals surface area contributed by atoms with E-state index in [1.165, 1.54) is 6.20 Å². The summed E-state index contributed by atoms with van der Waals surface area (Å²) in [5.74, 6) is -0.976. The Balaban J connectivity index is 2.56. The molecular formula is C13H7Cl4NO2. The normalized spacial score (nSPS) is 10.6. The standard InChI is InChI=1S/C13H7Cl4NO2/c14-8-3-7(4-9(15)12(8)17)13-11(16)6(1-2-18-13)5-10(19)20/h1-4H,5H2,(H,19,20). The van der Waals surface area contributed by atoms with Crippen molar-refractivity contribution in [2.75, 3.05) is 0 Å². The highest BCUT2D eigenvalue weighted by molar-refractivity contribution is 6.48. The van der Waals surface area contributed by atoms with Gasteiger partial charge in [0.05, 0.1) is 32.2 Å². The number of rotatable bonds is 3. The monoisotopic (exact) mass is 349 g/mol. The van der Waals surface area contributed by atoms with Crippen LogP contribution < -0.4 is 0 Å². The molecule has 0 aliphatic heterocycles. The van der Waals surface area contributed by atoms with Crippen molar-refractivity contribution in [3.8, 4) is 11.3 Å². The first kappa shape index (κ1) is 15.4. The second-order valence-electron chi connectivity index (χ2n) is 3.96. The van der Waals surface area contributed by atoms with Crippen molar-refractivity contribution >= 4 is 52.4 Å². The van der Waals surface area contributed by atoms with Crippen molar-refractivity contribution in [2.45, 2.75) is 6.42 Å². The van der Waals surface area contributed by atoms with Gasteiger partial charge in [-0.1, -0.05) is 46.4 Å². The van der Waals surface area contributed by atoms with Gasteiger partial charge in [-0.25, -0.2) is 0 Å². The molecule has 2 aromatic rings. The zero-order chi connectivity index (χ0) is 14.9. The molecule has 0 saturated heterocycles. The summed E-state index contributed by atoms with van der Waals surface area (Å²) in [7, 11) is 0. The van der Waals surface area contributed by atoms with Crippen molar-refractivity contribution in [1.82, 2.24) is 4.98 Å². The first-order valence-electron chi connectivity index (χ1n) is 5.40. The fourth-order valence-corrected chi connectivity index (χ4v) is 2.56. The summed E-state index contributed by atoms with van der Waals surface area (Å²) in [4.78, 5) is 14.9. The molecule has 1 aromatic heterocycles. The number of carboxylic acids is 1. The molecule has 0 fully saturated rings. The molecule has 0 aliphatic carbocycles. The third kappa shape index (κ3) is 3.18. The highest BCUT2D eigenvalue weighted by atomic mass is 35.5. The lowest BCUT2D eigenvalue weighted by Crippen LogP contribution is -2.02. The molecule has 20 heavy (non-hydrogen) atoms. The van der Waals surface area contributed by atoms with Crippen LogP contribution in [0.4, 0.5) is 0 Å². The number of benzene rings is 1. The summed E-state index contributed by atoms with van der Waals surface area (Å²) < 4.78 is 0. The van der Waals surface area contributed by atoms with Crippen LogP contribution in [0.1, 0.15) is 5.56 Å². The molecule has 0 radical (unpaired) electrons. The van der Waals surface area contributed by atoms with Crippen molar-refractivity contribution in [3.63, 3.8) is 0 Å². The summed E-state index contributed by atoms with van der Waals surface area (Å²) in [5.41, 5.74) is 1.44. The van der Waals surface area contributed by atoms with Gasteiger partial charge in [0.25, 0.3) is 0 Å². The number of carboxylic acid groups (broad SMARTS) is 1. The van der Waals surface area contributed by atoms with Gasteiger partial charge >= 0.3 is 5.97 Å². The first-order chi connectivity index (χ1) is 9.40. The SMILES string of the molecule is O=C(O)Cc1ccnc(-c2cc(Cl)c(Cl)c(Cl)c2)c1Cl. The predicted molar refractivity (Wildman–Crippen MR) is 81.1 cm³/mol. The number of aliphatic carboxylic acids is 1. The zero-order valence-corrected chi connectivity index (χ0v) is 12.9. The van der Waals surface area contributed by atoms with Gasteiger partial charge in [0.1, 0.15) is 0 Å². The van der Waals surface area contributed by atoms with Gasteiger partial charge in [0.15, 0.2) is 0 Å². The van der Waals surface area contributed by atoms with Crippen molar-refractivity contribution in [3.05, 3.63) is 50.0 Å². The molecule has 1 aromatic carbocycles. The average molecular weight is 351 g/mol. The van der Waals surface area contributed by atoms with E-state index in [0.717, 1.165) is 0 Å². The van der Waals surface area contributed by atoms with E-state index in [1.807, 2.05) is 0 Å². The summed E-state index contributed by atoms with van der Waals surface area (Å²) in [6.45, 7) is 0. The Morgan fingerprint density at radius 1 is 1.10 bits per heavy atom. The maximum absolute atomic E-state index is 10.8. The smallest absolute Gasteiger partial charge is 0.307 e. The number of nitrogens with zero attached hydrogens (tertiary/aromatic N) is 1. The maximum Gasteiger partial charge on any atom is 0.307 e. The van der Waals surface area contributed by atoms with E-state index in [-0.39, 0.29) is 26.5 Å². The summed E-state index contributed by atoms with van der Waals surface area (Å²) in [5, 5.41) is 9.89. The Morgan fingerprint density at radius 3 is 2.25 bits per heavy atom. The number of aromatic nitrogens is 1. The van der Waals surface area contributed by atoms with Crippen molar-refractivity contribution < 1.29 is 9.90 Å². The Bertz CT molecular complexity index is 665. The van der Waals surface area contributed by atoms with Crippen LogP contribution in [0.3, 0.4) is 0 Å². The number of halogens is 4. The van der Waals surface area contributed by atoms with E-state index in [1.54, 1.807) is 18.2 Å². The van der Waals surface area contributed by atoms with Crippen molar-refractivity contribution in [2.24, 2.45) is 0 Å². The first-order valence-corrected chi connectivity index (χ1v) is 6.91. The lowest BCUT2D eigenvalue weighted by Gasteiger charge is -2.09. The molecule has 7 heteroatoms. The molecule has 0 unspecified atom stereocenters. The molecule has 2 rings (SSSR count). The molecular weight excluding hydrogens is 344 g/mol. The number of hydrogen-bond acceptors (Lipinski definition) is 2. The minimum absolute atomic E-state index is 0.191. The highest BCUT2D eigenvalue weighted by Gasteiger charge is 2.14. The third-order valence-electron chi connectivity index (χ3n) is 2.57. The fraction of sp³-hybridized carbons (Fsp3) is 0.0769. The fourth-order valence-electron chi connectivity index (χ4n) is 1.68. The van der Waals surface area contributed by atoms with Crippen LogP contribution >= 0.6 is 46.4 Å². The molecule has 1 heterocycles. The van der Waals surface area contributed by atoms with Gasteiger partial charge in [-0.05, 0) is 23.8 Å². The van der Waals surface area contributed by atoms with Crippen molar-refractivity contribution in [1.29, 1.82) is 0 Å². The van der Waals surface area contributed by atoms with E-state index < -0.39 is 5.97 Å². The molecule has 1 N–H and O–H groups in total. The molecule has 0 saturated carbocycles. The van der Waals surface area contributed by atoms with E-state index in [4.69, 9.17) is 51.5 Å². The topological polar surface area (TPSA) is 50.2 Å². The minimum Gasteiger partial charge on any atom is -0.481 e. The Kier molecular flexibility index (Phi) is 4.76. The molecule has 0 atom stereocenters. The Morgan fingerprint density at radius 2 is 1.70 bits per heavy atom. The van der Waals surface area contributed by atoms with Crippen LogP contribution in [0.2, 0.25) is 20.1 Å². The molecule has 104 valence electrons. The molecule has 0 bridgehead atoms. The number of pyridine rings is 1. The largest absolute Gasteiger partial charge is 0.481 e. The highest BCUT2D eigenvalue weighted by Crippen LogP contribution is 2.37. The second kappa shape index (κ2) is 6.19. The summed E-state index contributed by atoms with van der Waals surface area (Å²) in [6.07, 6.45) is 1.29. The van der Waals surface area contributed by atoms with E-state index >= 15 is 0 Å². The average Bonchev–Trinajstić information content (AvgIpc) is 2.37. The van der Waals surface area contributed by atoms with E-state index in [9.17, 15) is 4.79 Å². The van der Waals surface area contributed by atoms with E-state index in [0.29, 0.717) is 16.8 Å². The van der Waals surface area contributed by atoms with Gasteiger partial charge in [0.2, 0.25) is 0 Å². The lowest BCUT2D eigenvalue weighted by molar-refractivity contribution is -0.136. The van der Waals surface area contributed by atoms with Gasteiger partial charge in [-0.2, -0.15) is 0 Å². The Hall–Kier alpha value is -1.000. The van der Waals surface area contributed by atoms with Crippen LogP contribution in [0.25, 0.3) is 11.3 Å². The number of hydrogen-bond donors (Lipinski definition) is 1. The van der Waals surface area contributed by atoms with Gasteiger partial charge in [-0.15, -0.1) is 0 Å². The molecule has 3 nitrogen and oxygen atoms in total. The summed E-state index contributed by atoms with van der Waals surface area (Å²) >= 11 is 24.0. The van der Waals surface area contributed by atoms with Gasteiger partial charge in [0, 0.05) is 11.8 Å². The lowest BCUT2D eigenvalue weighted by atomic mass is 10.1. The van der Waals surface area contributed by atoms with Crippen LogP contribution in [0.5, 0.6) is 0 Å². The second-order valence-corrected chi connectivity index (χ2v) is 5.53. The minimum atomic E-state index is -0.976. The van der Waals surface area contributed by atoms with Crippen LogP contribution in [0.15, 0.2) is 24.4 Å². The van der Waals surface area contributed by atoms with Gasteiger partial charge < -0.3 is 5.11 Å². The molecule has 0 amide bonds. The van der Waals surface area contributed by atoms with Crippen LogP contribution in [-0.2, 0) is 11.2 Å². The Labute approximate surface area is 135 Å². The quantitative estimate of drug-likeness (QED) is 0.793. The zero-order valence-electron chi connectivity index (χ0n) is 9.83. The van der Waals surface area contributed by atoms with Gasteiger partial charge in [-0.3, -0.25) is 9.78 Å². The third-order valence-corrected chi connectivity index (χ3v) is 4.19. The van der Waals surface area contributed by atoms with Crippen LogP contribution in [0, 0.1) is 0 Å². The molecule has 0 aliphatic rings. The van der Waals surface area contributed by atoms with E-state index in [2.05, 4.69) is 4.98 Å². The number of carbonyl (C=O) groups is 1. The maximum atomic E-state index is 10.8. The molecule has 0 spiro atoms. The van der Waals surface area contributed by atoms with Crippen LogP contribution in [-0.4, -0.2) is 16.1 Å².